The van der Waals surface area contributed by atoms with E-state index in [1.807, 2.05) is 0 Å². The van der Waals surface area contributed by atoms with Gasteiger partial charge >= 0.3 is 12.1 Å². The van der Waals surface area contributed by atoms with E-state index in [1.165, 1.54) is 27.7 Å². The lowest BCUT2D eigenvalue weighted by molar-refractivity contribution is -0.141. The lowest BCUT2D eigenvalue weighted by Gasteiger charge is -2.26. The molecule has 2 amide bonds. The van der Waals surface area contributed by atoms with Crippen molar-refractivity contribution in [1.29, 1.82) is 0 Å². The van der Waals surface area contributed by atoms with Crippen LogP contribution in [0.4, 0.5) is 14.9 Å². The van der Waals surface area contributed by atoms with Gasteiger partial charge < -0.3 is 30.0 Å². The summed E-state index contributed by atoms with van der Waals surface area (Å²) in [5.41, 5.74) is -0.493. The van der Waals surface area contributed by atoms with E-state index in [-0.39, 0.29) is 29.2 Å². The molecule has 0 bridgehead atoms. The number of hydrogen-bond donors (Lipinski definition) is 3. The number of aromatic nitrogens is 3. The van der Waals surface area contributed by atoms with Crippen molar-refractivity contribution in [2.75, 3.05) is 12.4 Å². The normalized spacial score (nSPS) is 12.5. The van der Waals surface area contributed by atoms with Gasteiger partial charge in [-0.3, -0.25) is 19.3 Å². The predicted octanol–water partition coefficient (Wildman–Crippen LogP) is 6.30. The minimum atomic E-state index is -1.39. The topological polar surface area (TPSA) is 163 Å². The molecule has 5 aromatic rings. The molecule has 2 aromatic heterocycles. The van der Waals surface area contributed by atoms with Gasteiger partial charge in [0.15, 0.2) is 11.6 Å². The lowest BCUT2D eigenvalue weighted by Crippen LogP contribution is -2.48. The first-order valence-corrected chi connectivity index (χ1v) is 16.0. The molecule has 0 fully saturated rings. The fraction of sp³-hybridized carbons (Fsp3) is 0.270. The number of pyridine rings is 1. The van der Waals surface area contributed by atoms with Gasteiger partial charge in [-0.25, -0.2) is 18.7 Å². The maximum atomic E-state index is 15.4. The molecule has 0 aliphatic carbocycles. The van der Waals surface area contributed by atoms with Crippen LogP contribution in [0.2, 0.25) is 0 Å². The number of amides is 2. The summed E-state index contributed by atoms with van der Waals surface area (Å²) in [4.78, 5) is 56.6. The molecule has 2 atom stereocenters. The third-order valence-corrected chi connectivity index (χ3v) is 7.91. The molecule has 266 valence electrons. The summed E-state index contributed by atoms with van der Waals surface area (Å²) >= 11 is 0. The molecule has 3 aromatic carbocycles. The number of carboxylic acid groups (broad SMARTS) is 1. The number of para-hydroxylation sites is 1. The highest BCUT2D eigenvalue weighted by Gasteiger charge is 2.32. The highest BCUT2D eigenvalue weighted by atomic mass is 19.1. The Hall–Kier alpha value is -6.18. The van der Waals surface area contributed by atoms with Crippen LogP contribution in [-0.4, -0.2) is 56.2 Å². The summed E-state index contributed by atoms with van der Waals surface area (Å²) in [6.45, 7) is 8.00. The van der Waals surface area contributed by atoms with E-state index in [9.17, 15) is 24.3 Å². The number of nitrogens with one attached hydrogen (secondary N) is 2. The third kappa shape index (κ3) is 8.18. The number of halogens is 1. The van der Waals surface area contributed by atoms with Crippen molar-refractivity contribution in [3.8, 4) is 22.9 Å². The first kappa shape index (κ1) is 36.1. The number of carbonyl (C=O) groups excluding carboxylic acids is 2. The molecule has 2 heterocycles. The molecule has 3 N–H and O–H groups in total. The minimum absolute atomic E-state index is 0.0628. The molecule has 0 spiro atoms. The van der Waals surface area contributed by atoms with Crippen LogP contribution < -0.4 is 25.7 Å². The van der Waals surface area contributed by atoms with E-state index < -0.39 is 46.9 Å². The summed E-state index contributed by atoms with van der Waals surface area (Å²) in [5.74, 6) is -2.81. The van der Waals surface area contributed by atoms with Crippen LogP contribution in [0, 0.1) is 18.7 Å². The standard InChI is InChI=1S/C37H38FN5O8/c1-21(32(35(46)47)41-36(48)51-37(3,4)5)20-42-22(2)31(34(45)43(42)24-10-8-7-9-11-24)33(44)40-23-12-15-30(27(38)18-23)50-29-16-17-39-28-19-25(49-6)13-14-26(28)29/h7-19,21,32H,20H2,1-6H3,(H,40,44)(H,41,48)(H,46,47)/t21?,32-/m0/s1. The summed E-state index contributed by atoms with van der Waals surface area (Å²) in [6, 6.07) is 17.8. The number of hydrogen-bond acceptors (Lipinski definition) is 8. The third-order valence-electron chi connectivity index (χ3n) is 7.91. The van der Waals surface area contributed by atoms with Crippen molar-refractivity contribution in [3.63, 3.8) is 0 Å². The van der Waals surface area contributed by atoms with Gasteiger partial charge in [0, 0.05) is 41.9 Å². The highest BCUT2D eigenvalue weighted by molar-refractivity contribution is 6.05. The summed E-state index contributed by atoms with van der Waals surface area (Å²) < 4.78 is 34.5. The fourth-order valence-corrected chi connectivity index (χ4v) is 5.51. The van der Waals surface area contributed by atoms with E-state index in [0.29, 0.717) is 28.1 Å². The smallest absolute Gasteiger partial charge is 0.408 e. The van der Waals surface area contributed by atoms with Crippen LogP contribution in [0.15, 0.2) is 83.8 Å². The Bertz CT molecular complexity index is 2160. The Morgan fingerprint density at radius 2 is 1.73 bits per heavy atom. The lowest BCUT2D eigenvalue weighted by atomic mass is 10.0. The number of anilines is 1. The first-order chi connectivity index (χ1) is 24.2. The molecule has 0 radical (unpaired) electrons. The van der Waals surface area contributed by atoms with E-state index >= 15 is 4.39 Å². The van der Waals surface area contributed by atoms with Crippen LogP contribution in [0.5, 0.6) is 17.2 Å². The van der Waals surface area contributed by atoms with Gasteiger partial charge in [-0.2, -0.15) is 0 Å². The largest absolute Gasteiger partial charge is 0.497 e. The van der Waals surface area contributed by atoms with Gasteiger partial charge in [0.25, 0.3) is 11.5 Å². The SMILES string of the molecule is COc1ccc2c(Oc3ccc(NC(=O)c4c(C)n(CC(C)[C@H](NC(=O)OC(C)(C)C)C(=O)O)n(-c5ccccc5)c4=O)cc3F)ccnc2c1. The number of rotatable bonds is 11. The Kier molecular flexibility index (Phi) is 10.4. The van der Waals surface area contributed by atoms with Gasteiger partial charge in [0.2, 0.25) is 0 Å². The quantitative estimate of drug-likeness (QED) is 0.144. The fourth-order valence-electron chi connectivity index (χ4n) is 5.51. The van der Waals surface area contributed by atoms with Gasteiger partial charge in [-0.1, -0.05) is 25.1 Å². The maximum Gasteiger partial charge on any atom is 0.408 e. The number of carbonyl (C=O) groups is 3. The summed E-state index contributed by atoms with van der Waals surface area (Å²) in [6.07, 6.45) is 0.616. The second-order valence-electron chi connectivity index (χ2n) is 12.8. The number of methoxy groups -OCH3 is 1. The number of alkyl carbamates (subject to hydrolysis) is 1. The van der Waals surface area contributed by atoms with Crippen LogP contribution in [-0.2, 0) is 16.1 Å². The van der Waals surface area contributed by atoms with Crippen molar-refractivity contribution in [2.24, 2.45) is 5.92 Å². The van der Waals surface area contributed by atoms with Crippen molar-refractivity contribution in [3.05, 3.63) is 106 Å². The van der Waals surface area contributed by atoms with E-state index in [0.717, 1.165) is 6.07 Å². The average molecular weight is 700 g/mol. The van der Waals surface area contributed by atoms with Crippen LogP contribution in [0.25, 0.3) is 16.6 Å². The molecule has 0 aliphatic rings. The Balaban J connectivity index is 1.42. The molecule has 14 heteroatoms. The zero-order valence-corrected chi connectivity index (χ0v) is 28.9. The number of fused-ring (bicyclic) bond motifs is 1. The van der Waals surface area contributed by atoms with Gasteiger partial charge in [0.1, 0.15) is 28.7 Å². The van der Waals surface area contributed by atoms with Crippen molar-refractivity contribution in [1.82, 2.24) is 19.7 Å². The Morgan fingerprint density at radius 1 is 1.00 bits per heavy atom. The van der Waals surface area contributed by atoms with Gasteiger partial charge in [-0.05, 0) is 70.2 Å². The van der Waals surface area contributed by atoms with Gasteiger partial charge in [0.05, 0.1) is 24.0 Å². The summed E-state index contributed by atoms with van der Waals surface area (Å²) in [7, 11) is 1.54. The van der Waals surface area contributed by atoms with E-state index in [4.69, 9.17) is 14.2 Å². The van der Waals surface area contributed by atoms with Crippen molar-refractivity contribution < 1.29 is 38.1 Å². The first-order valence-electron chi connectivity index (χ1n) is 16.0. The van der Waals surface area contributed by atoms with Crippen molar-refractivity contribution in [2.45, 2.75) is 52.8 Å². The molecular weight excluding hydrogens is 661 g/mol. The molecule has 0 saturated carbocycles. The van der Waals surface area contributed by atoms with Crippen LogP contribution in [0.3, 0.4) is 0 Å². The highest BCUT2D eigenvalue weighted by Crippen LogP contribution is 2.33. The number of benzene rings is 3. The molecule has 51 heavy (non-hydrogen) atoms. The van der Waals surface area contributed by atoms with Crippen molar-refractivity contribution >= 4 is 34.6 Å². The number of ether oxygens (including phenoxy) is 3. The monoisotopic (exact) mass is 699 g/mol. The molecule has 5 rings (SSSR count). The summed E-state index contributed by atoms with van der Waals surface area (Å²) in [5, 5.41) is 15.6. The van der Waals surface area contributed by atoms with Gasteiger partial charge in [-0.15, -0.1) is 0 Å². The molecule has 0 aliphatic heterocycles. The maximum absolute atomic E-state index is 15.4. The van der Waals surface area contributed by atoms with Crippen LogP contribution in [0.1, 0.15) is 43.7 Å². The zero-order chi connectivity index (χ0) is 37.0. The minimum Gasteiger partial charge on any atom is -0.497 e. The number of aliphatic carboxylic acids is 1. The van der Waals surface area contributed by atoms with Crippen LogP contribution >= 0.6 is 0 Å². The number of nitrogens with zero attached hydrogens (tertiary/aromatic N) is 3. The average Bonchev–Trinajstić information content (AvgIpc) is 3.32. The zero-order valence-electron chi connectivity index (χ0n) is 28.9. The molecule has 0 saturated heterocycles. The van der Waals surface area contributed by atoms with E-state index in [2.05, 4.69) is 15.6 Å². The second-order valence-corrected chi connectivity index (χ2v) is 12.8. The number of carboxylic acids is 1. The Morgan fingerprint density at radius 3 is 2.37 bits per heavy atom. The molecule has 13 nitrogen and oxygen atoms in total. The van der Waals surface area contributed by atoms with E-state index in [1.54, 1.807) is 96.3 Å². The molecular formula is C37H38FN5O8. The second kappa shape index (κ2) is 14.7. The Labute approximate surface area is 292 Å². The molecule has 1 unspecified atom stereocenters. The predicted molar refractivity (Wildman–Crippen MR) is 187 cm³/mol.